The van der Waals surface area contributed by atoms with E-state index in [0.29, 0.717) is 5.95 Å². The largest absolute Gasteiger partial charge is 0.455 e. The molecule has 0 aliphatic carbocycles. The molecule has 4 heteroatoms. The molecule has 0 aliphatic heterocycles. The molecule has 0 bridgehead atoms. The maximum absolute atomic E-state index is 6.49. The van der Waals surface area contributed by atoms with Crippen LogP contribution in [0.5, 0.6) is 0 Å². The fourth-order valence-electron chi connectivity index (χ4n) is 7.15. The lowest BCUT2D eigenvalue weighted by Crippen LogP contribution is -2.04. The number of aromatic nitrogens is 3. The van der Waals surface area contributed by atoms with E-state index in [1.807, 2.05) is 24.3 Å². The molecule has 0 N–H and O–H groups in total. The standard InChI is InChI=1S/C42H25N3O/c1-3-11-26(12-4-1)34-25-35(27-13-5-2-6-14-27)44-42(43-34)45-36-19-9-15-28-21-22-31-29(23-24-37(45)40(31)39(28)36)32-17-10-18-33-30-16-7-8-20-38(30)46-41(32)33/h1-25H. The molecule has 0 aliphatic rings. The minimum absolute atomic E-state index is 0.650. The monoisotopic (exact) mass is 587 g/mol. The van der Waals surface area contributed by atoms with Gasteiger partial charge in [-0.2, -0.15) is 0 Å². The van der Waals surface area contributed by atoms with Crippen LogP contribution in [-0.4, -0.2) is 14.5 Å². The van der Waals surface area contributed by atoms with E-state index < -0.39 is 0 Å². The molecule has 0 radical (unpaired) electrons. The van der Waals surface area contributed by atoms with E-state index in [4.69, 9.17) is 14.4 Å². The lowest BCUT2D eigenvalue weighted by atomic mass is 9.94. The number of para-hydroxylation sites is 2. The second-order valence-corrected chi connectivity index (χ2v) is 11.8. The number of benzene rings is 7. The number of hydrogen-bond acceptors (Lipinski definition) is 3. The molecule has 7 aromatic carbocycles. The highest BCUT2D eigenvalue weighted by molar-refractivity contribution is 6.27. The molecular weight excluding hydrogens is 562 g/mol. The summed E-state index contributed by atoms with van der Waals surface area (Å²) >= 11 is 0. The Balaban J connectivity index is 1.28. The zero-order chi connectivity index (χ0) is 30.2. The van der Waals surface area contributed by atoms with Crippen LogP contribution in [0.4, 0.5) is 0 Å². The first-order valence-corrected chi connectivity index (χ1v) is 15.5. The summed E-state index contributed by atoms with van der Waals surface area (Å²) in [6, 6.07) is 52.9. The summed E-state index contributed by atoms with van der Waals surface area (Å²) < 4.78 is 8.72. The molecule has 0 spiro atoms. The normalized spacial score (nSPS) is 11.9. The molecule has 0 fully saturated rings. The van der Waals surface area contributed by atoms with Crippen LogP contribution in [-0.2, 0) is 0 Å². The van der Waals surface area contributed by atoms with Crippen LogP contribution in [0.25, 0.3) is 94.1 Å². The zero-order valence-electron chi connectivity index (χ0n) is 24.7. The first-order chi connectivity index (χ1) is 22.8. The molecule has 10 aromatic rings. The third-order valence-electron chi connectivity index (χ3n) is 9.21. The van der Waals surface area contributed by atoms with Crippen molar-refractivity contribution < 1.29 is 4.42 Å². The van der Waals surface area contributed by atoms with Crippen molar-refractivity contribution in [2.45, 2.75) is 0 Å². The van der Waals surface area contributed by atoms with Crippen LogP contribution in [0.2, 0.25) is 0 Å². The topological polar surface area (TPSA) is 43.9 Å². The predicted octanol–water partition coefficient (Wildman–Crippen LogP) is 11.1. The molecule has 214 valence electrons. The van der Waals surface area contributed by atoms with Crippen molar-refractivity contribution in [3.8, 4) is 39.6 Å². The maximum atomic E-state index is 6.49. The van der Waals surface area contributed by atoms with E-state index in [1.54, 1.807) is 0 Å². The number of nitrogens with zero attached hydrogens (tertiary/aromatic N) is 3. The summed E-state index contributed by atoms with van der Waals surface area (Å²) in [5.41, 5.74) is 10.1. The highest BCUT2D eigenvalue weighted by atomic mass is 16.3. The lowest BCUT2D eigenvalue weighted by molar-refractivity contribution is 0.670. The molecule has 0 amide bonds. The SMILES string of the molecule is c1ccc(-c2cc(-c3ccccc3)nc(-n3c4cccc5ccc6c(-c7cccc8c7oc7ccccc78)ccc3c6c54)n2)cc1. The van der Waals surface area contributed by atoms with Gasteiger partial charge in [-0.3, -0.25) is 4.57 Å². The molecule has 3 aromatic heterocycles. The van der Waals surface area contributed by atoms with Gasteiger partial charge in [-0.15, -0.1) is 0 Å². The third kappa shape index (κ3) is 3.61. The van der Waals surface area contributed by atoms with Crippen LogP contribution in [0.3, 0.4) is 0 Å². The summed E-state index contributed by atoms with van der Waals surface area (Å²) in [7, 11) is 0. The van der Waals surface area contributed by atoms with Crippen molar-refractivity contribution in [1.29, 1.82) is 0 Å². The van der Waals surface area contributed by atoms with Crippen molar-refractivity contribution in [2.24, 2.45) is 0 Å². The van der Waals surface area contributed by atoms with Crippen LogP contribution < -0.4 is 0 Å². The number of hydrogen-bond donors (Lipinski definition) is 0. The van der Waals surface area contributed by atoms with Crippen LogP contribution >= 0.6 is 0 Å². The summed E-state index contributed by atoms with van der Waals surface area (Å²) in [6.07, 6.45) is 0. The Kier molecular flexibility index (Phi) is 5.25. The first-order valence-electron chi connectivity index (χ1n) is 15.5. The van der Waals surface area contributed by atoms with Crippen LogP contribution in [0, 0.1) is 0 Å². The van der Waals surface area contributed by atoms with E-state index in [9.17, 15) is 0 Å². The van der Waals surface area contributed by atoms with Crippen molar-refractivity contribution in [3.05, 3.63) is 152 Å². The Morgan fingerprint density at radius 1 is 0.457 bits per heavy atom. The minimum Gasteiger partial charge on any atom is -0.455 e. The Labute approximate surface area is 264 Å². The molecule has 0 unspecified atom stereocenters. The van der Waals surface area contributed by atoms with E-state index in [2.05, 4.69) is 132 Å². The Morgan fingerprint density at radius 3 is 1.91 bits per heavy atom. The molecule has 0 atom stereocenters. The van der Waals surface area contributed by atoms with Gasteiger partial charge in [0.05, 0.1) is 22.4 Å². The zero-order valence-corrected chi connectivity index (χ0v) is 24.7. The summed E-state index contributed by atoms with van der Waals surface area (Å²) in [5, 5.41) is 7.04. The van der Waals surface area contributed by atoms with Gasteiger partial charge >= 0.3 is 0 Å². The fraction of sp³-hybridized carbons (Fsp3) is 0. The van der Waals surface area contributed by atoms with Crippen molar-refractivity contribution in [3.63, 3.8) is 0 Å². The Hall–Kier alpha value is -6.26. The summed E-state index contributed by atoms with van der Waals surface area (Å²) in [5.74, 6) is 0.650. The number of furan rings is 1. The second-order valence-electron chi connectivity index (χ2n) is 11.8. The van der Waals surface area contributed by atoms with Gasteiger partial charge in [-0.1, -0.05) is 127 Å². The third-order valence-corrected chi connectivity index (χ3v) is 9.21. The van der Waals surface area contributed by atoms with Crippen molar-refractivity contribution in [2.75, 3.05) is 0 Å². The van der Waals surface area contributed by atoms with Crippen LogP contribution in [0.1, 0.15) is 0 Å². The average Bonchev–Trinajstić information content (AvgIpc) is 3.68. The molecule has 0 saturated heterocycles. The van der Waals surface area contributed by atoms with Gasteiger partial charge in [-0.05, 0) is 40.6 Å². The van der Waals surface area contributed by atoms with E-state index in [0.717, 1.165) is 66.6 Å². The quantitative estimate of drug-likeness (QED) is 0.192. The van der Waals surface area contributed by atoms with Gasteiger partial charge in [0.15, 0.2) is 0 Å². The lowest BCUT2D eigenvalue weighted by Gasteiger charge is -2.12. The molecule has 4 nitrogen and oxygen atoms in total. The van der Waals surface area contributed by atoms with Gasteiger partial charge in [0.25, 0.3) is 0 Å². The average molecular weight is 588 g/mol. The highest BCUT2D eigenvalue weighted by Crippen LogP contribution is 2.44. The van der Waals surface area contributed by atoms with Gasteiger partial charge in [0, 0.05) is 38.2 Å². The van der Waals surface area contributed by atoms with E-state index in [1.165, 1.54) is 21.5 Å². The second kappa shape index (κ2) is 9.62. The molecule has 10 rings (SSSR count). The highest BCUT2D eigenvalue weighted by Gasteiger charge is 2.22. The van der Waals surface area contributed by atoms with Gasteiger partial charge in [0.2, 0.25) is 5.95 Å². The Morgan fingerprint density at radius 2 is 1.13 bits per heavy atom. The van der Waals surface area contributed by atoms with Crippen molar-refractivity contribution in [1.82, 2.24) is 14.5 Å². The van der Waals surface area contributed by atoms with Gasteiger partial charge < -0.3 is 4.42 Å². The summed E-state index contributed by atoms with van der Waals surface area (Å²) in [6.45, 7) is 0. The molecule has 46 heavy (non-hydrogen) atoms. The van der Waals surface area contributed by atoms with Gasteiger partial charge in [-0.25, -0.2) is 9.97 Å². The predicted molar refractivity (Wildman–Crippen MR) is 189 cm³/mol. The van der Waals surface area contributed by atoms with Crippen molar-refractivity contribution >= 4 is 54.5 Å². The minimum atomic E-state index is 0.650. The smallest absolute Gasteiger partial charge is 0.235 e. The van der Waals surface area contributed by atoms with Gasteiger partial charge in [0.1, 0.15) is 11.2 Å². The number of rotatable bonds is 4. The maximum Gasteiger partial charge on any atom is 0.235 e. The summed E-state index contributed by atoms with van der Waals surface area (Å²) in [4.78, 5) is 10.4. The number of fused-ring (bicyclic) bond motifs is 3. The van der Waals surface area contributed by atoms with Crippen LogP contribution in [0.15, 0.2) is 156 Å². The Bertz CT molecular complexity index is 2680. The molecular formula is C42H25N3O. The first kappa shape index (κ1) is 25.1. The van der Waals surface area contributed by atoms with E-state index >= 15 is 0 Å². The molecule has 0 saturated carbocycles. The van der Waals surface area contributed by atoms with E-state index in [-0.39, 0.29) is 0 Å². The fourth-order valence-corrected chi connectivity index (χ4v) is 7.15. The molecule has 3 heterocycles.